The summed E-state index contributed by atoms with van der Waals surface area (Å²) in [5, 5.41) is 0. The zero-order chi connectivity index (χ0) is 46.9. The number of hydrogen-bond acceptors (Lipinski definition) is 12. The number of rotatable bonds is 19. The summed E-state index contributed by atoms with van der Waals surface area (Å²) >= 11 is 0. The Kier molecular flexibility index (Phi) is 24.1. The van der Waals surface area contributed by atoms with Crippen LogP contribution in [0, 0.1) is 0 Å². The van der Waals surface area contributed by atoms with E-state index in [0.717, 1.165) is 72.0 Å². The molecule has 6 rings (SSSR count). The second kappa shape index (κ2) is 28.9. The Hall–Kier alpha value is -4.82. The van der Waals surface area contributed by atoms with Gasteiger partial charge in [0.15, 0.2) is 11.6 Å². The van der Waals surface area contributed by atoms with Gasteiger partial charge in [-0.2, -0.15) is 0 Å². The van der Waals surface area contributed by atoms with Crippen LogP contribution in [0.25, 0.3) is 0 Å². The topological polar surface area (TPSA) is 126 Å². The number of unbranched alkanes of at least 4 members (excludes halogenated alkanes) is 3. The van der Waals surface area contributed by atoms with Crippen molar-refractivity contribution in [2.45, 2.75) is 103 Å². The molecule has 64 heavy (non-hydrogen) atoms. The van der Waals surface area contributed by atoms with Crippen LogP contribution in [0.5, 0.6) is 23.0 Å². The van der Waals surface area contributed by atoms with E-state index < -0.39 is 0 Å². The summed E-state index contributed by atoms with van der Waals surface area (Å²) in [6.07, 6.45) is 4.58. The second-order valence-corrected chi connectivity index (χ2v) is 16.4. The van der Waals surface area contributed by atoms with Crippen LogP contribution in [-0.2, 0) is 47.0 Å². The van der Waals surface area contributed by atoms with E-state index in [4.69, 9.17) is 47.4 Å². The first kappa shape index (κ1) is 53.5. The number of hydrogen-bond donors (Lipinski definition) is 0. The second-order valence-electron chi connectivity index (χ2n) is 16.4. The summed E-state index contributed by atoms with van der Waals surface area (Å²) in [4.78, 5) is 22.1. The SMILES string of the molecule is COCc1ccc(C(C)=O)cc1.COCc1ccc(OCCCCCCOc2ccc(C(C)=O)cc2)cc1.CO[C@H]1CO[C@@H]2[C@H]1OC[C@H]2OC.COc1ccc(OC)c(C(C)(C)C)c1. The minimum atomic E-state index is 0.0693. The van der Waals surface area contributed by atoms with Gasteiger partial charge in [0.2, 0.25) is 0 Å². The van der Waals surface area contributed by atoms with E-state index in [9.17, 15) is 9.59 Å². The number of carbonyl (C=O) groups excluding carboxylic acids is 2. The van der Waals surface area contributed by atoms with E-state index in [0.29, 0.717) is 38.6 Å². The van der Waals surface area contributed by atoms with Gasteiger partial charge in [0.1, 0.15) is 47.4 Å². The monoisotopic (exact) mass is 889 g/mol. The Morgan fingerprint density at radius 2 is 0.953 bits per heavy atom. The lowest BCUT2D eigenvalue weighted by molar-refractivity contribution is -0.0267. The minimum Gasteiger partial charge on any atom is -0.497 e. The van der Waals surface area contributed by atoms with Crippen LogP contribution in [0.3, 0.4) is 0 Å². The third-order valence-corrected chi connectivity index (χ3v) is 10.5. The van der Waals surface area contributed by atoms with Crippen molar-refractivity contribution >= 4 is 11.6 Å². The Balaban J connectivity index is 0.000000243. The molecule has 0 aliphatic carbocycles. The highest BCUT2D eigenvalue weighted by molar-refractivity contribution is 5.94. The van der Waals surface area contributed by atoms with E-state index in [1.165, 1.54) is 5.56 Å². The largest absolute Gasteiger partial charge is 0.497 e. The van der Waals surface area contributed by atoms with Crippen LogP contribution in [0.4, 0.5) is 0 Å². The molecule has 0 unspecified atom stereocenters. The van der Waals surface area contributed by atoms with Gasteiger partial charge in [-0.3, -0.25) is 9.59 Å². The van der Waals surface area contributed by atoms with E-state index in [2.05, 4.69) is 20.8 Å². The smallest absolute Gasteiger partial charge is 0.159 e. The summed E-state index contributed by atoms with van der Waals surface area (Å²) in [7, 11) is 10.1. The third-order valence-electron chi connectivity index (χ3n) is 10.5. The molecule has 0 saturated carbocycles. The van der Waals surface area contributed by atoms with Crippen LogP contribution in [0.1, 0.15) is 97.7 Å². The molecular formula is C52H72O12. The van der Waals surface area contributed by atoms with Crippen LogP contribution < -0.4 is 18.9 Å². The molecule has 2 aliphatic heterocycles. The number of benzene rings is 4. The van der Waals surface area contributed by atoms with Gasteiger partial charge < -0.3 is 47.4 Å². The Bertz CT molecular complexity index is 1890. The quantitative estimate of drug-likeness (QED) is 0.0657. The Morgan fingerprint density at radius 1 is 0.547 bits per heavy atom. The van der Waals surface area contributed by atoms with E-state index in [-0.39, 0.29) is 41.4 Å². The predicted molar refractivity (Wildman–Crippen MR) is 250 cm³/mol. The molecule has 0 spiro atoms. The van der Waals surface area contributed by atoms with E-state index in [1.807, 2.05) is 78.9 Å². The first-order valence-corrected chi connectivity index (χ1v) is 21.8. The number of methoxy groups -OCH3 is 6. The van der Waals surface area contributed by atoms with E-state index >= 15 is 0 Å². The average Bonchev–Trinajstić information content (AvgIpc) is 3.91. The van der Waals surface area contributed by atoms with Crippen molar-refractivity contribution in [2.24, 2.45) is 0 Å². The molecule has 0 N–H and O–H groups in total. The summed E-state index contributed by atoms with van der Waals surface area (Å²) in [6, 6.07) is 28.6. The molecule has 0 amide bonds. The highest BCUT2D eigenvalue weighted by atomic mass is 16.6. The zero-order valence-electron chi connectivity index (χ0n) is 39.9. The molecule has 0 aromatic heterocycles. The molecule has 352 valence electrons. The van der Waals surface area contributed by atoms with Crippen molar-refractivity contribution in [3.05, 3.63) is 119 Å². The van der Waals surface area contributed by atoms with Gasteiger partial charge in [-0.15, -0.1) is 0 Å². The summed E-state index contributed by atoms with van der Waals surface area (Å²) in [5.41, 5.74) is 4.93. The van der Waals surface area contributed by atoms with Crippen molar-refractivity contribution in [3.8, 4) is 23.0 Å². The molecule has 0 bridgehead atoms. The summed E-state index contributed by atoms with van der Waals surface area (Å²) in [5.74, 6) is 3.68. The lowest BCUT2D eigenvalue weighted by Crippen LogP contribution is -2.32. The first-order valence-electron chi connectivity index (χ1n) is 21.8. The normalized spacial score (nSPS) is 17.3. The van der Waals surface area contributed by atoms with Crippen LogP contribution in [0.2, 0.25) is 0 Å². The standard InChI is InChI=1S/C22H28O4.C12H18O2.C10H12O2.C8H14O4/c1-18(23)20-9-13-22(14-10-20)26-16-6-4-3-5-15-25-21-11-7-19(8-12-21)17-24-2;1-12(2,3)10-8-9(13-4)6-7-11(10)14-5;1-8(11)10-5-3-9(4-6-10)7-12-2;1-9-5-3-11-8-6(10-2)4-12-7(5)8/h7-14H,3-6,15-17H2,1-2H3;6-8H,1-5H3;3-6H,7H2,1-2H3;5-8H,3-4H2,1-2H3/t;;;5-,6+,7-,8-/m...0/s1. The predicted octanol–water partition coefficient (Wildman–Crippen LogP) is 9.90. The number of ether oxygens (including phenoxy) is 10. The van der Waals surface area contributed by atoms with Gasteiger partial charge in [-0.05, 0) is 111 Å². The van der Waals surface area contributed by atoms with Gasteiger partial charge >= 0.3 is 0 Å². The van der Waals surface area contributed by atoms with Crippen molar-refractivity contribution in [1.29, 1.82) is 0 Å². The Labute approximate surface area is 381 Å². The van der Waals surface area contributed by atoms with Crippen molar-refractivity contribution < 1.29 is 57.0 Å². The van der Waals surface area contributed by atoms with Crippen LogP contribution in [-0.4, -0.2) is 105 Å². The lowest BCUT2D eigenvalue weighted by Gasteiger charge is -2.22. The molecule has 0 radical (unpaired) electrons. The lowest BCUT2D eigenvalue weighted by atomic mass is 9.86. The van der Waals surface area contributed by atoms with E-state index in [1.54, 1.807) is 68.6 Å². The van der Waals surface area contributed by atoms with Crippen LogP contribution >= 0.6 is 0 Å². The number of ketones is 2. The van der Waals surface area contributed by atoms with Gasteiger partial charge in [0, 0.05) is 45.1 Å². The molecule has 2 fully saturated rings. The summed E-state index contributed by atoms with van der Waals surface area (Å²) < 4.78 is 53.4. The molecular weight excluding hydrogens is 817 g/mol. The number of Topliss-reactive ketones (excluding diaryl/α,β-unsaturated/α-hetero) is 2. The molecule has 2 heterocycles. The highest BCUT2D eigenvalue weighted by Crippen LogP contribution is 2.34. The van der Waals surface area contributed by atoms with Crippen molar-refractivity contribution in [3.63, 3.8) is 0 Å². The van der Waals surface area contributed by atoms with Crippen LogP contribution in [0.15, 0.2) is 91.0 Å². The molecule has 12 heteroatoms. The molecule has 4 atom stereocenters. The minimum absolute atomic E-state index is 0.0693. The number of carbonyl (C=O) groups is 2. The van der Waals surface area contributed by atoms with Gasteiger partial charge in [0.05, 0.1) is 53.9 Å². The fraction of sp³-hybridized carbons (Fsp3) is 0.500. The number of fused-ring (bicyclic) bond motifs is 1. The Morgan fingerprint density at radius 3 is 1.33 bits per heavy atom. The summed E-state index contributed by atoms with van der Waals surface area (Å²) in [6.45, 7) is 13.5. The maximum Gasteiger partial charge on any atom is 0.159 e. The highest BCUT2D eigenvalue weighted by Gasteiger charge is 2.48. The molecule has 4 aromatic rings. The fourth-order valence-electron chi connectivity index (χ4n) is 6.81. The zero-order valence-corrected chi connectivity index (χ0v) is 39.9. The van der Waals surface area contributed by atoms with Gasteiger partial charge in [-0.25, -0.2) is 0 Å². The van der Waals surface area contributed by atoms with Crippen molar-refractivity contribution in [1.82, 2.24) is 0 Å². The first-order chi connectivity index (χ1) is 30.8. The molecule has 12 nitrogen and oxygen atoms in total. The van der Waals surface area contributed by atoms with Gasteiger partial charge in [0.25, 0.3) is 0 Å². The maximum atomic E-state index is 11.2. The maximum absolute atomic E-state index is 11.2. The fourth-order valence-corrected chi connectivity index (χ4v) is 6.81. The average molecular weight is 889 g/mol. The third kappa shape index (κ3) is 18.3. The molecule has 4 aromatic carbocycles. The van der Waals surface area contributed by atoms with Gasteiger partial charge in [-0.1, -0.05) is 57.2 Å². The van der Waals surface area contributed by atoms with Crippen molar-refractivity contribution in [2.75, 3.05) is 69.1 Å². The molecule has 2 saturated heterocycles. The molecule has 2 aliphatic rings.